The fourth-order valence-electron chi connectivity index (χ4n) is 1.36. The molecule has 0 aliphatic carbocycles. The zero-order chi connectivity index (χ0) is 16.0. The maximum atomic E-state index is 13.2. The number of carbonyl (C=O) groups is 1. The quantitative estimate of drug-likeness (QED) is 0.733. The Bertz CT molecular complexity index is 607. The fourth-order valence-corrected chi connectivity index (χ4v) is 1.93. The van der Waals surface area contributed by atoms with E-state index in [4.69, 9.17) is 5.14 Å². The summed E-state index contributed by atoms with van der Waals surface area (Å²) in [5.41, 5.74) is -0.113. The van der Waals surface area contributed by atoms with Gasteiger partial charge in [-0.05, 0) is 18.2 Å². The van der Waals surface area contributed by atoms with Gasteiger partial charge in [0.1, 0.15) is 12.4 Å². The number of alkyl halides is 2. The van der Waals surface area contributed by atoms with Crippen molar-refractivity contribution in [3.63, 3.8) is 0 Å². The van der Waals surface area contributed by atoms with Crippen molar-refractivity contribution in [1.29, 1.82) is 0 Å². The van der Waals surface area contributed by atoms with E-state index in [0.29, 0.717) is 6.07 Å². The van der Waals surface area contributed by atoms with Gasteiger partial charge in [0.2, 0.25) is 15.9 Å². The van der Waals surface area contributed by atoms with Crippen molar-refractivity contribution >= 4 is 21.6 Å². The highest BCUT2D eigenvalue weighted by Crippen LogP contribution is 2.17. The molecule has 0 unspecified atom stereocenters. The molecule has 1 aromatic rings. The van der Waals surface area contributed by atoms with E-state index in [1.165, 1.54) is 0 Å². The molecule has 3 N–H and O–H groups in total. The number of rotatable bonds is 7. The van der Waals surface area contributed by atoms with Crippen LogP contribution < -0.4 is 10.5 Å². The molecule has 0 aliphatic heterocycles. The topological polar surface area (TPSA) is 98.5 Å². The van der Waals surface area contributed by atoms with E-state index in [-0.39, 0.29) is 18.7 Å². The molecule has 0 aliphatic rings. The second-order valence-electron chi connectivity index (χ2n) is 3.98. The number of halogens is 3. The summed E-state index contributed by atoms with van der Waals surface area (Å²) in [6.07, 6.45) is -2.87. The van der Waals surface area contributed by atoms with Gasteiger partial charge in [0, 0.05) is 5.69 Å². The lowest BCUT2D eigenvalue weighted by molar-refractivity contribution is -0.117. The molecule has 21 heavy (non-hydrogen) atoms. The monoisotopic (exact) mass is 326 g/mol. The van der Waals surface area contributed by atoms with E-state index in [0.717, 1.165) is 12.1 Å². The number of ether oxygens (including phenoxy) is 1. The van der Waals surface area contributed by atoms with Crippen molar-refractivity contribution in [3.05, 3.63) is 24.0 Å². The molecule has 0 radical (unpaired) electrons. The average Bonchev–Trinajstić information content (AvgIpc) is 2.32. The average molecular weight is 326 g/mol. The van der Waals surface area contributed by atoms with Crippen LogP contribution in [-0.4, -0.2) is 34.0 Å². The maximum absolute atomic E-state index is 13.2. The number of nitrogens with one attached hydrogen (secondary N) is 1. The second-order valence-corrected chi connectivity index (χ2v) is 5.55. The number of nitrogens with two attached hydrogens (primary N) is 1. The molecule has 1 amide bonds. The number of hydrogen-bond donors (Lipinski definition) is 2. The molecule has 0 fully saturated rings. The van der Waals surface area contributed by atoms with Gasteiger partial charge < -0.3 is 10.1 Å². The molecular weight excluding hydrogens is 313 g/mol. The van der Waals surface area contributed by atoms with E-state index in [1.807, 2.05) is 0 Å². The highest BCUT2D eigenvalue weighted by molar-refractivity contribution is 7.89. The Hall–Kier alpha value is -1.65. The van der Waals surface area contributed by atoms with Crippen molar-refractivity contribution in [3.8, 4) is 0 Å². The first kappa shape index (κ1) is 17.4. The Morgan fingerprint density at radius 3 is 2.57 bits per heavy atom. The lowest BCUT2D eigenvalue weighted by Crippen LogP contribution is -2.17. The first-order chi connectivity index (χ1) is 9.68. The number of amides is 1. The van der Waals surface area contributed by atoms with Gasteiger partial charge in [0.25, 0.3) is 6.43 Å². The van der Waals surface area contributed by atoms with E-state index < -0.39 is 39.7 Å². The molecule has 0 aromatic heterocycles. The summed E-state index contributed by atoms with van der Waals surface area (Å²) in [5, 5.41) is 7.07. The predicted molar refractivity (Wildman–Crippen MR) is 67.8 cm³/mol. The minimum atomic E-state index is -4.11. The van der Waals surface area contributed by atoms with Crippen molar-refractivity contribution in [1.82, 2.24) is 0 Å². The largest absolute Gasteiger partial charge is 0.375 e. The first-order valence-electron chi connectivity index (χ1n) is 5.67. The number of carbonyl (C=O) groups excluding carboxylic acids is 1. The Balaban J connectivity index is 2.62. The summed E-state index contributed by atoms with van der Waals surface area (Å²) in [7, 11) is -4.11. The summed E-state index contributed by atoms with van der Waals surface area (Å²) >= 11 is 0. The number of anilines is 1. The van der Waals surface area contributed by atoms with Crippen LogP contribution in [0.25, 0.3) is 0 Å². The lowest BCUT2D eigenvalue weighted by atomic mass is 10.3. The molecule has 0 bridgehead atoms. The van der Waals surface area contributed by atoms with Crippen molar-refractivity contribution in [2.75, 3.05) is 18.5 Å². The Kier molecular flexibility index (Phi) is 6.12. The summed E-state index contributed by atoms with van der Waals surface area (Å²) < 4.78 is 63.5. The van der Waals surface area contributed by atoms with Gasteiger partial charge in [0.15, 0.2) is 0 Å². The first-order valence-corrected chi connectivity index (χ1v) is 7.22. The van der Waals surface area contributed by atoms with Gasteiger partial charge >= 0.3 is 0 Å². The zero-order valence-electron chi connectivity index (χ0n) is 10.7. The molecule has 10 heteroatoms. The SMILES string of the molecule is NS(=O)(=O)c1cc(F)cc(NC(=O)CCOCC(F)F)c1. The van der Waals surface area contributed by atoms with Gasteiger partial charge in [-0.15, -0.1) is 0 Å². The summed E-state index contributed by atoms with van der Waals surface area (Å²) in [6.45, 7) is -1.03. The van der Waals surface area contributed by atoms with Crippen LogP contribution in [0, 0.1) is 5.82 Å². The van der Waals surface area contributed by atoms with Crippen LogP contribution in [0.2, 0.25) is 0 Å². The highest BCUT2D eigenvalue weighted by Gasteiger charge is 2.12. The van der Waals surface area contributed by atoms with E-state index in [9.17, 15) is 26.4 Å². The molecule has 0 saturated heterocycles. The van der Waals surface area contributed by atoms with Crippen LogP contribution in [0.1, 0.15) is 6.42 Å². The van der Waals surface area contributed by atoms with Crippen molar-refractivity contribution < 1.29 is 31.1 Å². The van der Waals surface area contributed by atoms with E-state index in [1.54, 1.807) is 0 Å². The summed E-state index contributed by atoms with van der Waals surface area (Å²) in [5.74, 6) is -1.54. The lowest BCUT2D eigenvalue weighted by Gasteiger charge is -2.08. The molecule has 0 saturated carbocycles. The Morgan fingerprint density at radius 2 is 2.00 bits per heavy atom. The number of primary sulfonamides is 1. The van der Waals surface area contributed by atoms with Crippen LogP contribution in [0.4, 0.5) is 18.9 Å². The van der Waals surface area contributed by atoms with Gasteiger partial charge in [0.05, 0.1) is 17.9 Å². The Morgan fingerprint density at radius 1 is 1.33 bits per heavy atom. The molecule has 0 atom stereocenters. The van der Waals surface area contributed by atoms with Crippen LogP contribution in [0.5, 0.6) is 0 Å². The molecule has 6 nitrogen and oxygen atoms in total. The van der Waals surface area contributed by atoms with Gasteiger partial charge in [-0.2, -0.15) is 0 Å². The third-order valence-corrected chi connectivity index (χ3v) is 3.09. The van der Waals surface area contributed by atoms with Crippen molar-refractivity contribution in [2.45, 2.75) is 17.7 Å². The molecule has 1 aromatic carbocycles. The summed E-state index contributed by atoms with van der Waals surface area (Å²) in [4.78, 5) is 11.0. The van der Waals surface area contributed by atoms with Crippen LogP contribution in [0.15, 0.2) is 23.1 Å². The number of benzene rings is 1. The second kappa shape index (κ2) is 7.38. The standard InChI is InChI=1S/C11H13F3N2O4S/c12-7-3-8(5-9(4-7)21(15,18)19)16-11(17)1-2-20-6-10(13)14/h3-5,10H,1-2,6H2,(H,16,17)(H2,15,18,19). The van der Waals surface area contributed by atoms with Gasteiger partial charge in [-0.25, -0.2) is 26.7 Å². The molecule has 0 spiro atoms. The van der Waals surface area contributed by atoms with Gasteiger partial charge in [-0.1, -0.05) is 0 Å². The fraction of sp³-hybridized carbons (Fsp3) is 0.364. The molecule has 118 valence electrons. The number of hydrogen-bond acceptors (Lipinski definition) is 4. The Labute approximate surface area is 119 Å². The molecule has 0 heterocycles. The van der Waals surface area contributed by atoms with E-state index in [2.05, 4.69) is 10.1 Å². The third kappa shape index (κ3) is 6.56. The van der Waals surface area contributed by atoms with E-state index >= 15 is 0 Å². The molecule has 1 rings (SSSR count). The smallest absolute Gasteiger partial charge is 0.261 e. The minimum absolute atomic E-state index is 0.113. The third-order valence-electron chi connectivity index (χ3n) is 2.20. The zero-order valence-corrected chi connectivity index (χ0v) is 11.5. The normalized spacial score (nSPS) is 11.7. The maximum Gasteiger partial charge on any atom is 0.261 e. The van der Waals surface area contributed by atoms with Crippen LogP contribution in [0.3, 0.4) is 0 Å². The minimum Gasteiger partial charge on any atom is -0.375 e. The van der Waals surface area contributed by atoms with Crippen LogP contribution in [-0.2, 0) is 19.6 Å². The molecular formula is C11H13F3N2O4S. The summed E-state index contributed by atoms with van der Waals surface area (Å²) in [6, 6.07) is 2.58. The van der Waals surface area contributed by atoms with Crippen LogP contribution >= 0.6 is 0 Å². The highest BCUT2D eigenvalue weighted by atomic mass is 32.2. The van der Waals surface area contributed by atoms with Gasteiger partial charge in [-0.3, -0.25) is 4.79 Å². The van der Waals surface area contributed by atoms with Crippen molar-refractivity contribution in [2.24, 2.45) is 5.14 Å². The number of sulfonamides is 1. The predicted octanol–water partition coefficient (Wildman–Crippen LogP) is 1.08.